The fraction of sp³-hybridized carbons (Fsp3) is 0.882. The maximum atomic E-state index is 2.69. The van der Waals surface area contributed by atoms with Crippen molar-refractivity contribution in [3.05, 3.63) is 24.3 Å². The van der Waals surface area contributed by atoms with Gasteiger partial charge in [0.25, 0.3) is 0 Å². The Kier molecular flexibility index (Phi) is 18.1. The van der Waals surface area contributed by atoms with E-state index in [1.165, 1.54) is 129 Å². The van der Waals surface area contributed by atoms with Crippen molar-refractivity contribution < 1.29 is 0 Å². The Labute approximate surface area is 222 Å². The summed E-state index contributed by atoms with van der Waals surface area (Å²) in [7, 11) is 4.53. The Morgan fingerprint density at radius 2 is 1.31 bits per heavy atom. The molecule has 1 aliphatic rings. The van der Waals surface area contributed by atoms with Crippen LogP contribution in [0.5, 0.6) is 0 Å². The lowest BCUT2D eigenvalue weighted by Gasteiger charge is -2.49. The van der Waals surface area contributed by atoms with E-state index in [1.54, 1.807) is 0 Å². The normalized spacial score (nSPS) is 26.8. The Morgan fingerprint density at radius 1 is 0.657 bits per heavy atom. The van der Waals surface area contributed by atoms with Gasteiger partial charge < -0.3 is 4.90 Å². The van der Waals surface area contributed by atoms with Gasteiger partial charge in [0.05, 0.1) is 0 Å². The van der Waals surface area contributed by atoms with E-state index in [4.69, 9.17) is 0 Å². The van der Waals surface area contributed by atoms with Gasteiger partial charge in [0.1, 0.15) is 0 Å². The van der Waals surface area contributed by atoms with Crippen LogP contribution in [-0.2, 0) is 0 Å². The van der Waals surface area contributed by atoms with Gasteiger partial charge in [-0.3, -0.25) is 0 Å². The smallest absolute Gasteiger partial charge is 0.000356 e. The van der Waals surface area contributed by atoms with Gasteiger partial charge in [0.15, 0.2) is 0 Å². The summed E-state index contributed by atoms with van der Waals surface area (Å²) < 4.78 is 0. The monoisotopic (exact) mass is 488 g/mol. The lowest BCUT2D eigenvalue weighted by molar-refractivity contribution is 0.0149. The second kappa shape index (κ2) is 19.5. The lowest BCUT2D eigenvalue weighted by atomic mass is 9.56. The molecule has 0 aromatic carbocycles. The van der Waals surface area contributed by atoms with Gasteiger partial charge in [-0.2, -0.15) is 0 Å². The van der Waals surface area contributed by atoms with Crippen LogP contribution in [0.4, 0.5) is 0 Å². The van der Waals surface area contributed by atoms with Crippen molar-refractivity contribution in [2.45, 2.75) is 156 Å². The molecule has 1 unspecified atom stereocenters. The molecular weight excluding hydrogens is 422 g/mol. The molecule has 0 aromatic rings. The zero-order valence-electron chi connectivity index (χ0n) is 25.2. The van der Waals surface area contributed by atoms with Gasteiger partial charge in [0, 0.05) is 6.54 Å². The number of nitrogens with zero attached hydrogens (tertiary/aromatic N) is 1. The van der Waals surface area contributed by atoms with Crippen LogP contribution in [0, 0.1) is 16.7 Å². The number of unbranched alkanes of at least 4 members (excludes halogenated alkanes) is 7. The third-order valence-corrected chi connectivity index (χ3v) is 9.26. The number of rotatable bonds is 17. The van der Waals surface area contributed by atoms with Crippen molar-refractivity contribution in [1.82, 2.24) is 4.90 Å². The fourth-order valence-electron chi connectivity index (χ4n) is 6.65. The van der Waals surface area contributed by atoms with Crippen molar-refractivity contribution >= 4 is 0 Å². The summed E-state index contributed by atoms with van der Waals surface area (Å²) in [6.07, 6.45) is 37.1. The molecule has 0 spiro atoms. The highest BCUT2D eigenvalue weighted by atomic mass is 15.1. The summed E-state index contributed by atoms with van der Waals surface area (Å²) in [6, 6.07) is 0. The van der Waals surface area contributed by atoms with Crippen molar-refractivity contribution in [3.8, 4) is 0 Å². The van der Waals surface area contributed by atoms with Crippen molar-refractivity contribution in [1.29, 1.82) is 0 Å². The zero-order valence-corrected chi connectivity index (χ0v) is 25.2. The highest BCUT2D eigenvalue weighted by Gasteiger charge is 2.42. The molecule has 1 aliphatic carbocycles. The van der Waals surface area contributed by atoms with Crippen molar-refractivity contribution in [3.63, 3.8) is 0 Å². The second-order valence-corrected chi connectivity index (χ2v) is 12.8. The van der Waals surface area contributed by atoms with E-state index in [0.717, 1.165) is 12.3 Å². The van der Waals surface area contributed by atoms with E-state index in [0.29, 0.717) is 10.8 Å². The van der Waals surface area contributed by atoms with E-state index >= 15 is 0 Å². The number of hydrogen-bond acceptors (Lipinski definition) is 1. The fourth-order valence-corrected chi connectivity index (χ4v) is 6.65. The Hall–Kier alpha value is -0.560. The SMILES string of the molecule is CCCCC/C=C\C/C=C\CCCCCC[C@]1(C)CCC(CN(C)C)CCCCC[C@]1(C)CCC. The van der Waals surface area contributed by atoms with E-state index in [-0.39, 0.29) is 0 Å². The molecule has 0 heterocycles. The summed E-state index contributed by atoms with van der Waals surface area (Å²) in [5.74, 6) is 0.895. The van der Waals surface area contributed by atoms with E-state index in [1.807, 2.05) is 0 Å². The topological polar surface area (TPSA) is 3.24 Å². The molecule has 0 aliphatic heterocycles. The largest absolute Gasteiger partial charge is 0.309 e. The lowest BCUT2D eigenvalue weighted by Crippen LogP contribution is -2.39. The first kappa shape index (κ1) is 32.5. The molecule has 1 heteroatoms. The molecule has 1 nitrogen and oxygen atoms in total. The van der Waals surface area contributed by atoms with E-state index in [9.17, 15) is 0 Å². The standard InChI is InChI=1S/C34H65N/c1-7-9-10-11-12-13-14-15-16-17-18-19-20-23-29-34(4)30-26-32(31-35(5)6)25-22-21-24-28-33(34,3)27-8-2/h12-13,15-16,32H,7-11,14,17-31H2,1-6H3/b13-12-,16-15-/t32?,33-,34+/m0/s1. The number of hydrogen-bond donors (Lipinski definition) is 0. The molecule has 0 saturated heterocycles. The quantitative estimate of drug-likeness (QED) is 0.146. The maximum absolute atomic E-state index is 2.69. The molecule has 0 N–H and O–H groups in total. The first-order chi connectivity index (χ1) is 16.9. The molecule has 1 fully saturated rings. The summed E-state index contributed by atoms with van der Waals surface area (Å²) in [5, 5.41) is 0. The van der Waals surface area contributed by atoms with E-state index < -0.39 is 0 Å². The molecule has 0 amide bonds. The average molecular weight is 488 g/mol. The van der Waals surface area contributed by atoms with Crippen LogP contribution in [0.3, 0.4) is 0 Å². The molecule has 35 heavy (non-hydrogen) atoms. The summed E-state index contributed by atoms with van der Waals surface area (Å²) >= 11 is 0. The van der Waals surface area contributed by atoms with Crippen LogP contribution >= 0.6 is 0 Å². The highest BCUT2D eigenvalue weighted by molar-refractivity contribution is 4.94. The van der Waals surface area contributed by atoms with Crippen molar-refractivity contribution in [2.75, 3.05) is 20.6 Å². The van der Waals surface area contributed by atoms with Gasteiger partial charge in [-0.15, -0.1) is 0 Å². The first-order valence-electron chi connectivity index (χ1n) is 15.8. The van der Waals surface area contributed by atoms with Gasteiger partial charge in [-0.25, -0.2) is 0 Å². The van der Waals surface area contributed by atoms with Gasteiger partial charge in [0.2, 0.25) is 0 Å². The summed E-state index contributed by atoms with van der Waals surface area (Å²) in [5.41, 5.74) is 1.03. The molecule has 0 radical (unpaired) electrons. The van der Waals surface area contributed by atoms with Gasteiger partial charge >= 0.3 is 0 Å². The van der Waals surface area contributed by atoms with E-state index in [2.05, 4.69) is 71.0 Å². The average Bonchev–Trinajstić information content (AvgIpc) is 2.81. The Balaban J connectivity index is 2.46. The van der Waals surface area contributed by atoms with Gasteiger partial charge in [-0.1, -0.05) is 110 Å². The molecule has 1 rings (SSSR count). The zero-order chi connectivity index (χ0) is 25.8. The highest BCUT2D eigenvalue weighted by Crippen LogP contribution is 2.53. The molecule has 1 saturated carbocycles. The third-order valence-electron chi connectivity index (χ3n) is 9.26. The molecule has 0 bridgehead atoms. The summed E-state index contributed by atoms with van der Waals surface area (Å²) in [4.78, 5) is 2.43. The van der Waals surface area contributed by atoms with Crippen LogP contribution in [0.1, 0.15) is 156 Å². The van der Waals surface area contributed by atoms with Crippen LogP contribution in [0.15, 0.2) is 24.3 Å². The van der Waals surface area contributed by atoms with Crippen molar-refractivity contribution in [2.24, 2.45) is 16.7 Å². The minimum Gasteiger partial charge on any atom is -0.309 e. The molecule has 3 atom stereocenters. The first-order valence-corrected chi connectivity index (χ1v) is 15.8. The molecule has 206 valence electrons. The molecule has 0 aromatic heterocycles. The predicted octanol–water partition coefficient (Wildman–Crippen LogP) is 11.1. The third kappa shape index (κ3) is 14.1. The van der Waals surface area contributed by atoms with Crippen LogP contribution < -0.4 is 0 Å². The minimum absolute atomic E-state index is 0.508. The van der Waals surface area contributed by atoms with Crippen LogP contribution in [0.2, 0.25) is 0 Å². The molecular formula is C34H65N. The Bertz CT molecular complexity index is 547. The second-order valence-electron chi connectivity index (χ2n) is 12.8. The van der Waals surface area contributed by atoms with Crippen LogP contribution in [0.25, 0.3) is 0 Å². The number of allylic oxidation sites excluding steroid dienone is 4. The maximum Gasteiger partial charge on any atom is 0.000356 e. The van der Waals surface area contributed by atoms with Crippen LogP contribution in [-0.4, -0.2) is 25.5 Å². The minimum atomic E-state index is 0.508. The summed E-state index contributed by atoms with van der Waals surface area (Å²) in [6.45, 7) is 11.3. The van der Waals surface area contributed by atoms with Gasteiger partial charge in [-0.05, 0) is 101 Å². The Morgan fingerprint density at radius 3 is 1.97 bits per heavy atom. The predicted molar refractivity (Wildman–Crippen MR) is 160 cm³/mol.